The van der Waals surface area contributed by atoms with Crippen molar-refractivity contribution >= 4 is 5.78 Å². The van der Waals surface area contributed by atoms with Crippen LogP contribution in [0.4, 0.5) is 0 Å². The van der Waals surface area contributed by atoms with Crippen LogP contribution in [-0.2, 0) is 4.79 Å². The molecule has 0 spiro atoms. The van der Waals surface area contributed by atoms with E-state index in [9.17, 15) is 9.90 Å². The van der Waals surface area contributed by atoms with E-state index in [1.807, 2.05) is 6.08 Å². The molecule has 2 fully saturated rings. The number of allylic oxidation sites excluding steroid dienone is 3. The largest absolute Gasteiger partial charge is 0.377 e. The molecule has 2 saturated carbocycles. The molecule has 0 saturated heterocycles. The zero-order valence-electron chi connectivity index (χ0n) is 14.0. The van der Waals surface area contributed by atoms with E-state index < -0.39 is 5.60 Å². The Bertz CT molecular complexity index is 662. The molecule has 0 aromatic carbocycles. The Morgan fingerprint density at radius 2 is 2.04 bits per heavy atom. The van der Waals surface area contributed by atoms with Crippen molar-refractivity contribution in [3.63, 3.8) is 0 Å². The molecule has 0 radical (unpaired) electrons. The third-order valence-corrected chi connectivity index (χ3v) is 7.36. The van der Waals surface area contributed by atoms with E-state index in [4.69, 9.17) is 6.42 Å². The number of terminal acetylenes is 1. The lowest BCUT2D eigenvalue weighted by atomic mass is 9.56. The molecule has 23 heavy (non-hydrogen) atoms. The first-order valence-electron chi connectivity index (χ1n) is 9.20. The van der Waals surface area contributed by atoms with Crippen molar-refractivity contribution in [3.05, 3.63) is 22.8 Å². The number of carbonyl (C=O) groups excluding carboxylic acids is 1. The van der Waals surface area contributed by atoms with E-state index in [0.29, 0.717) is 24.0 Å². The van der Waals surface area contributed by atoms with E-state index in [0.717, 1.165) is 51.4 Å². The Morgan fingerprint density at radius 3 is 2.78 bits per heavy atom. The summed E-state index contributed by atoms with van der Waals surface area (Å²) >= 11 is 0. The van der Waals surface area contributed by atoms with Crippen LogP contribution in [0.3, 0.4) is 0 Å². The Hall–Kier alpha value is -1.33. The highest BCUT2D eigenvalue weighted by atomic mass is 16.3. The van der Waals surface area contributed by atoms with Crippen molar-refractivity contribution < 1.29 is 9.90 Å². The van der Waals surface area contributed by atoms with Crippen LogP contribution in [0.2, 0.25) is 0 Å². The molecule has 0 amide bonds. The van der Waals surface area contributed by atoms with Gasteiger partial charge in [-0.1, -0.05) is 29.6 Å². The lowest BCUT2D eigenvalue weighted by molar-refractivity contribution is -0.115. The van der Waals surface area contributed by atoms with E-state index in [1.165, 1.54) is 11.1 Å². The number of rotatable bonds is 1. The highest BCUT2D eigenvalue weighted by molar-refractivity contribution is 5.91. The highest BCUT2D eigenvalue weighted by Crippen LogP contribution is 2.63. The van der Waals surface area contributed by atoms with Crippen molar-refractivity contribution in [2.75, 3.05) is 0 Å². The molecule has 122 valence electrons. The summed E-state index contributed by atoms with van der Waals surface area (Å²) in [7, 11) is 0. The number of carbonyl (C=O) groups is 1. The molecular weight excluding hydrogens is 284 g/mol. The van der Waals surface area contributed by atoms with Gasteiger partial charge in [-0.15, -0.1) is 6.42 Å². The summed E-state index contributed by atoms with van der Waals surface area (Å²) in [4.78, 5) is 11.7. The van der Waals surface area contributed by atoms with Crippen LogP contribution in [0, 0.1) is 29.6 Å². The second-order valence-corrected chi connectivity index (χ2v) is 7.92. The summed E-state index contributed by atoms with van der Waals surface area (Å²) in [6.45, 7) is 2.18. The lowest BCUT2D eigenvalue weighted by Gasteiger charge is -2.49. The quantitative estimate of drug-likeness (QED) is 0.588. The first-order chi connectivity index (χ1) is 11.0. The lowest BCUT2D eigenvalue weighted by Crippen LogP contribution is -2.47. The number of hydrogen-bond donors (Lipinski definition) is 1. The fraction of sp³-hybridized carbons (Fsp3) is 0.667. The summed E-state index contributed by atoms with van der Waals surface area (Å²) in [5.74, 6) is 4.23. The van der Waals surface area contributed by atoms with Crippen molar-refractivity contribution in [2.24, 2.45) is 17.3 Å². The topological polar surface area (TPSA) is 37.3 Å². The molecular formula is C21H26O2. The Morgan fingerprint density at radius 1 is 1.22 bits per heavy atom. The zero-order valence-corrected chi connectivity index (χ0v) is 14.0. The smallest absolute Gasteiger partial charge is 0.155 e. The standard InChI is InChI=1S/C21H26O2/c1-3-20-11-9-17-16-8-6-15(22)13-14(16)5-7-18(17)19(20)10-12-21(20,23)4-2/h2,13,16-17,23H,3,5-12H2,1H3/t16?,17?,20-,21-/m0/s1. The van der Waals surface area contributed by atoms with Gasteiger partial charge >= 0.3 is 0 Å². The third kappa shape index (κ3) is 1.89. The minimum atomic E-state index is -0.951. The predicted molar refractivity (Wildman–Crippen MR) is 90.5 cm³/mol. The minimum absolute atomic E-state index is 0.181. The molecule has 0 aliphatic heterocycles. The fourth-order valence-corrected chi connectivity index (χ4v) is 6.20. The summed E-state index contributed by atoms with van der Waals surface area (Å²) in [6.07, 6.45) is 16.3. The maximum absolute atomic E-state index is 11.7. The van der Waals surface area contributed by atoms with Gasteiger partial charge in [-0.05, 0) is 69.3 Å². The molecule has 0 bridgehead atoms. The van der Waals surface area contributed by atoms with Crippen LogP contribution in [0.5, 0.6) is 0 Å². The van der Waals surface area contributed by atoms with Crippen LogP contribution in [0.1, 0.15) is 64.7 Å². The zero-order chi connectivity index (χ0) is 16.2. The highest BCUT2D eigenvalue weighted by Gasteiger charge is 2.58. The summed E-state index contributed by atoms with van der Waals surface area (Å²) in [6, 6.07) is 0. The SMILES string of the molecule is C#C[C@]1(O)CCC2=C3CCC4=CC(=O)CCC4C3CC[C@@]21CC. The fourth-order valence-electron chi connectivity index (χ4n) is 6.20. The van der Waals surface area contributed by atoms with Crippen LogP contribution in [-0.4, -0.2) is 16.5 Å². The van der Waals surface area contributed by atoms with E-state index in [-0.39, 0.29) is 5.41 Å². The average molecular weight is 310 g/mol. The van der Waals surface area contributed by atoms with Crippen LogP contribution < -0.4 is 0 Å². The second kappa shape index (κ2) is 5.08. The molecule has 2 unspecified atom stereocenters. The molecule has 4 aliphatic rings. The van der Waals surface area contributed by atoms with E-state index >= 15 is 0 Å². The maximum atomic E-state index is 11.7. The molecule has 1 N–H and O–H groups in total. The van der Waals surface area contributed by atoms with Crippen molar-refractivity contribution in [3.8, 4) is 12.3 Å². The van der Waals surface area contributed by atoms with Gasteiger partial charge in [0, 0.05) is 11.8 Å². The first-order valence-corrected chi connectivity index (χ1v) is 9.20. The summed E-state index contributed by atoms with van der Waals surface area (Å²) in [5.41, 5.74) is 3.35. The molecule has 4 aliphatic carbocycles. The van der Waals surface area contributed by atoms with Crippen LogP contribution in [0.15, 0.2) is 22.8 Å². The molecule has 2 heteroatoms. The normalized spacial score (nSPS) is 42.5. The number of hydrogen-bond acceptors (Lipinski definition) is 2. The molecule has 0 aromatic heterocycles. The van der Waals surface area contributed by atoms with Gasteiger partial charge in [0.05, 0.1) is 0 Å². The van der Waals surface area contributed by atoms with Crippen molar-refractivity contribution in [1.29, 1.82) is 0 Å². The van der Waals surface area contributed by atoms with Crippen LogP contribution >= 0.6 is 0 Å². The van der Waals surface area contributed by atoms with Gasteiger partial charge in [-0.25, -0.2) is 0 Å². The minimum Gasteiger partial charge on any atom is -0.377 e. The monoisotopic (exact) mass is 310 g/mol. The van der Waals surface area contributed by atoms with Gasteiger partial charge in [0.15, 0.2) is 5.78 Å². The first kappa shape index (κ1) is 15.2. The second-order valence-electron chi connectivity index (χ2n) is 7.92. The number of ketones is 1. The van der Waals surface area contributed by atoms with Crippen LogP contribution in [0.25, 0.3) is 0 Å². The molecule has 0 aromatic rings. The van der Waals surface area contributed by atoms with Gasteiger partial charge in [0.2, 0.25) is 0 Å². The van der Waals surface area contributed by atoms with Crippen molar-refractivity contribution in [1.82, 2.24) is 0 Å². The van der Waals surface area contributed by atoms with Gasteiger partial charge in [-0.3, -0.25) is 4.79 Å². The molecule has 4 rings (SSSR count). The predicted octanol–water partition coefficient (Wildman–Crippen LogP) is 3.95. The number of fused-ring (bicyclic) bond motifs is 4. The maximum Gasteiger partial charge on any atom is 0.155 e. The van der Waals surface area contributed by atoms with E-state index in [1.54, 1.807) is 5.57 Å². The van der Waals surface area contributed by atoms with Crippen molar-refractivity contribution in [2.45, 2.75) is 70.3 Å². The Balaban J connectivity index is 1.78. The van der Waals surface area contributed by atoms with Gasteiger partial charge in [-0.2, -0.15) is 0 Å². The molecule has 4 atom stereocenters. The summed E-state index contributed by atoms with van der Waals surface area (Å²) in [5, 5.41) is 11.1. The van der Waals surface area contributed by atoms with Gasteiger partial charge in [0.1, 0.15) is 5.60 Å². The Kier molecular flexibility index (Phi) is 3.36. The average Bonchev–Trinajstić information content (AvgIpc) is 2.88. The van der Waals surface area contributed by atoms with E-state index in [2.05, 4.69) is 12.8 Å². The molecule has 2 nitrogen and oxygen atoms in total. The number of aliphatic hydroxyl groups is 1. The third-order valence-electron chi connectivity index (χ3n) is 7.36. The molecule has 0 heterocycles. The van der Waals surface area contributed by atoms with Gasteiger partial charge in [0.25, 0.3) is 0 Å². The Labute approximate surface area is 139 Å². The summed E-state index contributed by atoms with van der Waals surface area (Å²) < 4.78 is 0. The van der Waals surface area contributed by atoms with Gasteiger partial charge < -0.3 is 5.11 Å².